The molecule has 1 unspecified atom stereocenters. The Labute approximate surface area is 127 Å². The summed E-state index contributed by atoms with van der Waals surface area (Å²) in [4.78, 5) is 0. The normalized spacial score (nSPS) is 12.2. The van der Waals surface area contributed by atoms with Crippen LogP contribution >= 0.6 is 23.2 Å². The highest BCUT2D eigenvalue weighted by Crippen LogP contribution is 2.33. The van der Waals surface area contributed by atoms with Gasteiger partial charge in [0.05, 0.1) is 13.2 Å². The third-order valence-electron chi connectivity index (χ3n) is 3.06. The molecule has 2 nitrogen and oxygen atoms in total. The summed E-state index contributed by atoms with van der Waals surface area (Å²) >= 11 is 11.8. The maximum absolute atomic E-state index is 14.1. The second-order valence-electron chi connectivity index (χ2n) is 4.27. The van der Waals surface area contributed by atoms with Crippen molar-refractivity contribution in [1.29, 1.82) is 0 Å². The van der Waals surface area contributed by atoms with Crippen LogP contribution in [0.15, 0.2) is 36.4 Å². The van der Waals surface area contributed by atoms with Gasteiger partial charge in [-0.2, -0.15) is 0 Å². The third kappa shape index (κ3) is 3.06. The van der Waals surface area contributed by atoms with Crippen LogP contribution in [0.3, 0.4) is 0 Å². The first-order valence-corrected chi connectivity index (χ1v) is 6.78. The standard InChI is InChI=1S/C15H14Cl2FNO/c1-19-15(11-5-3-10(17)8-13(11)18)12-7-9(16)4-6-14(12)20-2/h3-8,15,19H,1-2H3. The highest BCUT2D eigenvalue weighted by Gasteiger charge is 2.20. The fourth-order valence-electron chi connectivity index (χ4n) is 2.14. The maximum atomic E-state index is 14.1. The smallest absolute Gasteiger partial charge is 0.129 e. The second-order valence-corrected chi connectivity index (χ2v) is 5.15. The Kier molecular flexibility index (Phi) is 4.86. The summed E-state index contributed by atoms with van der Waals surface area (Å²) in [6.45, 7) is 0. The van der Waals surface area contributed by atoms with Crippen LogP contribution in [0.2, 0.25) is 10.0 Å². The van der Waals surface area contributed by atoms with E-state index in [4.69, 9.17) is 27.9 Å². The van der Waals surface area contributed by atoms with Gasteiger partial charge in [0.2, 0.25) is 0 Å². The van der Waals surface area contributed by atoms with Crippen molar-refractivity contribution in [2.45, 2.75) is 6.04 Å². The summed E-state index contributed by atoms with van der Waals surface area (Å²) in [6.07, 6.45) is 0. The molecule has 0 heterocycles. The number of hydrogen-bond acceptors (Lipinski definition) is 2. The summed E-state index contributed by atoms with van der Waals surface area (Å²) in [5.41, 5.74) is 1.25. The summed E-state index contributed by atoms with van der Waals surface area (Å²) < 4.78 is 19.4. The van der Waals surface area contributed by atoms with Crippen molar-refractivity contribution in [3.05, 3.63) is 63.4 Å². The summed E-state index contributed by atoms with van der Waals surface area (Å²) in [6, 6.07) is 9.47. The molecular formula is C15H14Cl2FNO. The largest absolute Gasteiger partial charge is 0.496 e. The van der Waals surface area contributed by atoms with Gasteiger partial charge in [-0.1, -0.05) is 29.3 Å². The minimum Gasteiger partial charge on any atom is -0.496 e. The molecule has 0 aliphatic rings. The first-order valence-electron chi connectivity index (χ1n) is 6.02. The van der Waals surface area contributed by atoms with E-state index in [9.17, 15) is 4.39 Å². The van der Waals surface area contributed by atoms with Crippen molar-refractivity contribution in [3.8, 4) is 5.75 Å². The number of ether oxygens (including phenoxy) is 1. The average molecular weight is 314 g/mol. The zero-order valence-electron chi connectivity index (χ0n) is 11.1. The van der Waals surface area contributed by atoms with Crippen LogP contribution in [0.25, 0.3) is 0 Å². The van der Waals surface area contributed by atoms with Gasteiger partial charge in [0, 0.05) is 21.2 Å². The molecule has 0 fully saturated rings. The monoisotopic (exact) mass is 313 g/mol. The van der Waals surface area contributed by atoms with E-state index in [0.717, 1.165) is 5.56 Å². The van der Waals surface area contributed by atoms with Crippen LogP contribution < -0.4 is 10.1 Å². The van der Waals surface area contributed by atoms with E-state index in [1.165, 1.54) is 6.07 Å². The zero-order valence-corrected chi connectivity index (χ0v) is 12.6. The Bertz CT molecular complexity index is 619. The van der Waals surface area contributed by atoms with E-state index >= 15 is 0 Å². The molecule has 0 aliphatic heterocycles. The van der Waals surface area contributed by atoms with E-state index in [1.54, 1.807) is 44.5 Å². The van der Waals surface area contributed by atoms with Crippen LogP contribution in [0.4, 0.5) is 4.39 Å². The first-order chi connectivity index (χ1) is 9.56. The topological polar surface area (TPSA) is 21.3 Å². The molecule has 5 heteroatoms. The third-order valence-corrected chi connectivity index (χ3v) is 3.54. The lowest BCUT2D eigenvalue weighted by Crippen LogP contribution is -2.19. The van der Waals surface area contributed by atoms with Gasteiger partial charge < -0.3 is 10.1 Å². The molecule has 2 aromatic rings. The molecule has 0 aromatic heterocycles. The van der Waals surface area contributed by atoms with Crippen molar-refractivity contribution < 1.29 is 9.13 Å². The molecule has 0 aliphatic carbocycles. The van der Waals surface area contributed by atoms with Crippen molar-refractivity contribution in [2.24, 2.45) is 0 Å². The minimum absolute atomic E-state index is 0.360. The van der Waals surface area contributed by atoms with Gasteiger partial charge in [-0.3, -0.25) is 0 Å². The van der Waals surface area contributed by atoms with E-state index in [2.05, 4.69) is 5.32 Å². The SMILES string of the molecule is CNC(c1ccc(Cl)cc1F)c1cc(Cl)ccc1OC. The van der Waals surface area contributed by atoms with Gasteiger partial charge in [0.25, 0.3) is 0 Å². The molecular weight excluding hydrogens is 300 g/mol. The Morgan fingerprint density at radius 2 is 1.70 bits per heavy atom. The lowest BCUT2D eigenvalue weighted by atomic mass is 9.97. The van der Waals surface area contributed by atoms with Crippen LogP contribution in [0, 0.1) is 5.82 Å². The Balaban J connectivity index is 2.54. The number of nitrogens with one attached hydrogen (secondary N) is 1. The number of hydrogen-bond donors (Lipinski definition) is 1. The first kappa shape index (κ1) is 15.1. The highest BCUT2D eigenvalue weighted by molar-refractivity contribution is 6.31. The molecule has 0 saturated carbocycles. The Hall–Kier alpha value is -1.29. The van der Waals surface area contributed by atoms with Gasteiger partial charge in [0.15, 0.2) is 0 Å². The molecule has 20 heavy (non-hydrogen) atoms. The lowest BCUT2D eigenvalue weighted by molar-refractivity contribution is 0.404. The van der Waals surface area contributed by atoms with E-state index < -0.39 is 0 Å². The van der Waals surface area contributed by atoms with Gasteiger partial charge in [-0.15, -0.1) is 0 Å². The molecule has 0 bridgehead atoms. The molecule has 2 aromatic carbocycles. The minimum atomic E-state index is -0.376. The van der Waals surface area contributed by atoms with Crippen molar-refractivity contribution in [3.63, 3.8) is 0 Å². The summed E-state index contributed by atoms with van der Waals surface area (Å²) in [7, 11) is 3.32. The zero-order chi connectivity index (χ0) is 14.7. The molecule has 1 atom stereocenters. The van der Waals surface area contributed by atoms with Gasteiger partial charge in [0.1, 0.15) is 11.6 Å². The fraction of sp³-hybridized carbons (Fsp3) is 0.200. The lowest BCUT2D eigenvalue weighted by Gasteiger charge is -2.20. The van der Waals surface area contributed by atoms with E-state index in [-0.39, 0.29) is 11.9 Å². The molecule has 106 valence electrons. The molecule has 2 rings (SSSR count). The fourth-order valence-corrected chi connectivity index (χ4v) is 2.48. The molecule has 0 amide bonds. The van der Waals surface area contributed by atoms with E-state index in [1.807, 2.05) is 0 Å². The van der Waals surface area contributed by atoms with Gasteiger partial charge in [-0.05, 0) is 37.4 Å². The predicted molar refractivity (Wildman–Crippen MR) is 80.3 cm³/mol. The molecule has 0 radical (unpaired) electrons. The highest BCUT2D eigenvalue weighted by atomic mass is 35.5. The predicted octanol–water partition coefficient (Wildman–Crippen LogP) is 4.45. The number of halogens is 3. The molecule has 1 N–H and O–H groups in total. The van der Waals surface area contributed by atoms with E-state index in [0.29, 0.717) is 21.4 Å². The van der Waals surface area contributed by atoms with Crippen LogP contribution in [-0.4, -0.2) is 14.2 Å². The summed E-state index contributed by atoms with van der Waals surface area (Å²) in [5, 5.41) is 4.00. The molecule has 0 saturated heterocycles. The Morgan fingerprint density at radius 1 is 1.05 bits per heavy atom. The van der Waals surface area contributed by atoms with Crippen LogP contribution in [0.5, 0.6) is 5.75 Å². The molecule has 0 spiro atoms. The quantitative estimate of drug-likeness (QED) is 0.900. The van der Waals surface area contributed by atoms with Crippen LogP contribution in [-0.2, 0) is 0 Å². The number of methoxy groups -OCH3 is 1. The number of benzene rings is 2. The second kappa shape index (κ2) is 6.44. The van der Waals surface area contributed by atoms with Crippen molar-refractivity contribution in [2.75, 3.05) is 14.2 Å². The maximum Gasteiger partial charge on any atom is 0.129 e. The van der Waals surface area contributed by atoms with Gasteiger partial charge in [-0.25, -0.2) is 4.39 Å². The average Bonchev–Trinajstić information content (AvgIpc) is 2.42. The number of rotatable bonds is 4. The Morgan fingerprint density at radius 3 is 2.30 bits per heavy atom. The van der Waals surface area contributed by atoms with Crippen molar-refractivity contribution >= 4 is 23.2 Å². The van der Waals surface area contributed by atoms with Crippen LogP contribution in [0.1, 0.15) is 17.2 Å². The summed E-state index contributed by atoms with van der Waals surface area (Å²) in [5.74, 6) is 0.266. The van der Waals surface area contributed by atoms with Gasteiger partial charge >= 0.3 is 0 Å². The van der Waals surface area contributed by atoms with Crippen molar-refractivity contribution in [1.82, 2.24) is 5.32 Å².